The van der Waals surface area contributed by atoms with Crippen molar-refractivity contribution in [3.63, 3.8) is 0 Å². The highest BCUT2D eigenvalue weighted by Crippen LogP contribution is 2.40. The van der Waals surface area contributed by atoms with Gasteiger partial charge in [0.1, 0.15) is 18.8 Å². The van der Waals surface area contributed by atoms with E-state index in [-0.39, 0.29) is 11.5 Å². The highest BCUT2D eigenvalue weighted by molar-refractivity contribution is 5.93. The number of nitriles is 1. The molecule has 2 rings (SSSR count). The van der Waals surface area contributed by atoms with E-state index in [1.54, 1.807) is 6.92 Å². The molecule has 0 aliphatic carbocycles. The topological polar surface area (TPSA) is 107 Å². The molecule has 0 fully saturated rings. The molecule has 0 saturated carbocycles. The van der Waals surface area contributed by atoms with E-state index in [1.807, 2.05) is 13.8 Å². The molecule has 1 aromatic carbocycles. The summed E-state index contributed by atoms with van der Waals surface area (Å²) in [5, 5.41) is 11.8. The molecule has 1 aliphatic heterocycles. The van der Waals surface area contributed by atoms with Gasteiger partial charge in [0.25, 0.3) is 5.91 Å². The Hall–Kier alpha value is -2.95. The van der Waals surface area contributed by atoms with Gasteiger partial charge < -0.3 is 24.3 Å². The average Bonchev–Trinajstić information content (AvgIpc) is 2.64. The first-order chi connectivity index (χ1) is 12.3. The van der Waals surface area contributed by atoms with E-state index in [0.29, 0.717) is 30.5 Å². The van der Waals surface area contributed by atoms with Gasteiger partial charge in [-0.2, -0.15) is 5.26 Å². The third-order valence-electron chi connectivity index (χ3n) is 4.18. The Morgan fingerprint density at radius 3 is 2.65 bits per heavy atom. The van der Waals surface area contributed by atoms with Gasteiger partial charge >= 0.3 is 5.97 Å². The smallest absolute Gasteiger partial charge is 0.338 e. The number of ether oxygens (including phenoxy) is 4. The maximum absolute atomic E-state index is 12.3. The molecule has 0 saturated heterocycles. The highest BCUT2D eigenvalue weighted by atomic mass is 16.6. The fraction of sp³-hybridized carbons (Fsp3) is 0.500. The Balaban J connectivity index is 2.04. The summed E-state index contributed by atoms with van der Waals surface area (Å²) in [4.78, 5) is 24.3. The minimum Gasteiger partial charge on any atom is -0.493 e. The van der Waals surface area contributed by atoms with Crippen molar-refractivity contribution in [3.05, 3.63) is 17.7 Å². The van der Waals surface area contributed by atoms with E-state index < -0.39 is 24.0 Å². The average molecular weight is 362 g/mol. The van der Waals surface area contributed by atoms with Crippen molar-refractivity contribution in [2.45, 2.75) is 26.3 Å². The summed E-state index contributed by atoms with van der Waals surface area (Å²) in [6.45, 7) is 5.50. The second kappa shape index (κ2) is 7.95. The number of methoxy groups -OCH3 is 1. The van der Waals surface area contributed by atoms with Gasteiger partial charge in [-0.15, -0.1) is 0 Å². The van der Waals surface area contributed by atoms with Crippen LogP contribution in [0.4, 0.5) is 0 Å². The van der Waals surface area contributed by atoms with Crippen LogP contribution in [0, 0.1) is 17.2 Å². The number of nitrogens with one attached hydrogen (secondary N) is 1. The molecule has 0 spiro atoms. The number of amides is 1. The Bertz CT molecular complexity index is 723. The van der Waals surface area contributed by atoms with E-state index in [4.69, 9.17) is 18.9 Å². The largest absolute Gasteiger partial charge is 0.493 e. The molecule has 26 heavy (non-hydrogen) atoms. The molecule has 1 N–H and O–H groups in total. The van der Waals surface area contributed by atoms with Gasteiger partial charge in [-0.05, 0) is 25.0 Å². The van der Waals surface area contributed by atoms with Gasteiger partial charge in [-0.25, -0.2) is 4.79 Å². The Morgan fingerprint density at radius 1 is 1.35 bits per heavy atom. The molecular formula is C18H22N2O6. The van der Waals surface area contributed by atoms with E-state index in [1.165, 1.54) is 19.2 Å². The Labute approximate surface area is 152 Å². The minimum absolute atomic E-state index is 0.103. The van der Waals surface area contributed by atoms with Gasteiger partial charge in [0.15, 0.2) is 18.1 Å². The predicted molar refractivity (Wildman–Crippen MR) is 91.3 cm³/mol. The number of carbonyl (C=O) groups is 2. The zero-order valence-corrected chi connectivity index (χ0v) is 15.3. The third-order valence-corrected chi connectivity index (χ3v) is 4.18. The van der Waals surface area contributed by atoms with E-state index >= 15 is 0 Å². The van der Waals surface area contributed by atoms with E-state index in [2.05, 4.69) is 11.4 Å². The molecule has 1 heterocycles. The SMILES string of the molecule is COc1cc(C(=O)OCC(=O)NC(C)(C#N)C(C)C)cc2c1OCCO2. The lowest BCUT2D eigenvalue weighted by molar-refractivity contribution is -0.125. The van der Waals surface area contributed by atoms with Crippen LogP contribution in [0.2, 0.25) is 0 Å². The second-order valence-electron chi connectivity index (χ2n) is 6.30. The van der Waals surface area contributed by atoms with E-state index in [0.717, 1.165) is 0 Å². The van der Waals surface area contributed by atoms with Gasteiger partial charge in [0.2, 0.25) is 5.75 Å². The Kier molecular flexibility index (Phi) is 5.93. The van der Waals surface area contributed by atoms with Crippen LogP contribution in [0.15, 0.2) is 12.1 Å². The maximum atomic E-state index is 12.3. The molecule has 1 unspecified atom stereocenters. The van der Waals surface area contributed by atoms with Crippen molar-refractivity contribution in [2.75, 3.05) is 26.9 Å². The number of hydrogen-bond donors (Lipinski definition) is 1. The molecule has 0 bridgehead atoms. The standard InChI is InChI=1S/C18H22N2O6/c1-11(2)18(3,10-19)20-15(21)9-26-17(22)12-7-13(23-4)16-14(8-12)24-5-6-25-16/h7-8,11H,5-6,9H2,1-4H3,(H,20,21). The van der Waals surface area contributed by atoms with Gasteiger partial charge in [0, 0.05) is 0 Å². The fourth-order valence-corrected chi connectivity index (χ4v) is 2.23. The predicted octanol–water partition coefficient (Wildman–Crippen LogP) is 1.68. The molecule has 140 valence electrons. The van der Waals surface area contributed by atoms with Crippen LogP contribution in [0.3, 0.4) is 0 Å². The lowest BCUT2D eigenvalue weighted by Crippen LogP contribution is -2.50. The van der Waals surface area contributed by atoms with Crippen LogP contribution in [-0.4, -0.2) is 44.3 Å². The van der Waals surface area contributed by atoms with Crippen molar-refractivity contribution in [2.24, 2.45) is 5.92 Å². The quantitative estimate of drug-likeness (QED) is 0.767. The molecule has 0 aromatic heterocycles. The summed E-state index contributed by atoms with van der Waals surface area (Å²) < 4.78 is 21.2. The number of benzene rings is 1. The number of carbonyl (C=O) groups excluding carboxylic acids is 2. The van der Waals surface area contributed by atoms with Crippen LogP contribution in [0.1, 0.15) is 31.1 Å². The molecule has 1 aliphatic rings. The maximum Gasteiger partial charge on any atom is 0.338 e. The molecule has 1 amide bonds. The normalized spacial score (nSPS) is 14.8. The van der Waals surface area contributed by atoms with Crippen molar-refractivity contribution >= 4 is 11.9 Å². The lowest BCUT2D eigenvalue weighted by atomic mass is 9.90. The molecule has 8 nitrogen and oxygen atoms in total. The molecular weight excluding hydrogens is 340 g/mol. The first kappa shape index (κ1) is 19.4. The van der Waals surface area contributed by atoms with Crippen molar-refractivity contribution in [1.82, 2.24) is 5.32 Å². The lowest BCUT2D eigenvalue weighted by Gasteiger charge is -2.27. The zero-order chi connectivity index (χ0) is 19.3. The first-order valence-electron chi connectivity index (χ1n) is 8.17. The summed E-state index contributed by atoms with van der Waals surface area (Å²) in [7, 11) is 1.45. The first-order valence-corrected chi connectivity index (χ1v) is 8.17. The molecule has 1 atom stereocenters. The van der Waals surface area contributed by atoms with Crippen molar-refractivity contribution in [3.8, 4) is 23.3 Å². The summed E-state index contributed by atoms with van der Waals surface area (Å²) in [5.41, 5.74) is -0.866. The Morgan fingerprint density at radius 2 is 2.04 bits per heavy atom. The van der Waals surface area contributed by atoms with Gasteiger partial charge in [0.05, 0.1) is 18.7 Å². The van der Waals surface area contributed by atoms with Crippen molar-refractivity contribution in [1.29, 1.82) is 5.26 Å². The number of hydrogen-bond acceptors (Lipinski definition) is 7. The monoisotopic (exact) mass is 362 g/mol. The summed E-state index contributed by atoms with van der Waals surface area (Å²) >= 11 is 0. The van der Waals surface area contributed by atoms with Crippen LogP contribution >= 0.6 is 0 Å². The highest BCUT2D eigenvalue weighted by Gasteiger charge is 2.30. The van der Waals surface area contributed by atoms with Gasteiger partial charge in [-0.3, -0.25) is 4.79 Å². The number of rotatable bonds is 6. The number of nitrogens with zero attached hydrogens (tertiary/aromatic N) is 1. The summed E-state index contributed by atoms with van der Waals surface area (Å²) in [5.74, 6) is -0.220. The summed E-state index contributed by atoms with van der Waals surface area (Å²) in [6, 6.07) is 4.99. The van der Waals surface area contributed by atoms with Gasteiger partial charge in [-0.1, -0.05) is 13.8 Å². The fourth-order valence-electron chi connectivity index (χ4n) is 2.23. The second-order valence-corrected chi connectivity index (χ2v) is 6.30. The molecule has 8 heteroatoms. The van der Waals surface area contributed by atoms with Crippen LogP contribution in [0.25, 0.3) is 0 Å². The minimum atomic E-state index is -1.04. The molecule has 0 radical (unpaired) electrons. The summed E-state index contributed by atoms with van der Waals surface area (Å²) in [6.07, 6.45) is 0. The zero-order valence-electron chi connectivity index (χ0n) is 15.3. The van der Waals surface area contributed by atoms with Crippen molar-refractivity contribution < 1.29 is 28.5 Å². The van der Waals surface area contributed by atoms with Crippen LogP contribution in [0.5, 0.6) is 17.2 Å². The molecule has 1 aromatic rings. The van der Waals surface area contributed by atoms with E-state index in [9.17, 15) is 14.9 Å². The number of fused-ring (bicyclic) bond motifs is 1. The van der Waals surface area contributed by atoms with Crippen LogP contribution in [-0.2, 0) is 9.53 Å². The van der Waals surface area contributed by atoms with Crippen LogP contribution < -0.4 is 19.5 Å². The number of esters is 1. The third kappa shape index (κ3) is 4.17.